The first kappa shape index (κ1) is 13.7. The second-order valence-corrected chi connectivity index (χ2v) is 4.07. The number of rotatable bonds is 4. The fourth-order valence-electron chi connectivity index (χ4n) is 1.55. The molecule has 1 heterocycles. The number of nitrogens with zero attached hydrogens (tertiary/aromatic N) is 4. The minimum Gasteiger partial charge on any atom is -0.478 e. The quantitative estimate of drug-likeness (QED) is 0.837. The van der Waals surface area contributed by atoms with E-state index < -0.39 is 0 Å². The van der Waals surface area contributed by atoms with E-state index >= 15 is 0 Å². The van der Waals surface area contributed by atoms with Crippen LogP contribution in [0.2, 0.25) is 0 Å². The average molecular weight is 273 g/mol. The minimum absolute atomic E-state index is 0.0936. The lowest BCUT2D eigenvalue weighted by molar-refractivity contribution is 0.0954. The van der Waals surface area contributed by atoms with Crippen LogP contribution in [0, 0.1) is 6.92 Å². The standard InChI is InChI=1S/C13H15N5O2/c1-9-4-6-10(7-5-9)8-15-18-13(20-3)11(16-17-18)12(19)14-2/h4-8H,1-3H3,(H,14,19)/b15-8+. The number of aryl methyl sites for hydroxylation is 1. The van der Waals surface area contributed by atoms with E-state index in [0.29, 0.717) is 0 Å². The molecular formula is C13H15N5O2. The molecule has 0 aliphatic rings. The van der Waals surface area contributed by atoms with E-state index in [1.54, 1.807) is 6.21 Å². The van der Waals surface area contributed by atoms with Crippen molar-refractivity contribution >= 4 is 12.1 Å². The number of hydrogen-bond donors (Lipinski definition) is 1. The molecule has 20 heavy (non-hydrogen) atoms. The molecule has 0 radical (unpaired) electrons. The van der Waals surface area contributed by atoms with E-state index in [9.17, 15) is 4.79 Å². The highest BCUT2D eigenvalue weighted by atomic mass is 16.5. The number of nitrogens with one attached hydrogen (secondary N) is 1. The van der Waals surface area contributed by atoms with Crippen LogP contribution in [-0.4, -0.2) is 41.4 Å². The second-order valence-electron chi connectivity index (χ2n) is 4.07. The molecule has 2 rings (SSSR count). The summed E-state index contributed by atoms with van der Waals surface area (Å²) < 4.78 is 5.11. The van der Waals surface area contributed by atoms with E-state index in [0.717, 1.165) is 5.56 Å². The predicted octanol–water partition coefficient (Wildman–Crippen LogP) is 0.837. The summed E-state index contributed by atoms with van der Waals surface area (Å²) in [5.41, 5.74) is 2.17. The van der Waals surface area contributed by atoms with Gasteiger partial charge in [0.15, 0.2) is 0 Å². The fourth-order valence-corrected chi connectivity index (χ4v) is 1.55. The summed E-state index contributed by atoms with van der Waals surface area (Å²) in [6.45, 7) is 2.01. The molecule has 0 aliphatic carbocycles. The van der Waals surface area contributed by atoms with Crippen molar-refractivity contribution in [3.05, 3.63) is 41.1 Å². The number of amides is 1. The summed E-state index contributed by atoms with van der Waals surface area (Å²) in [4.78, 5) is 12.7. The van der Waals surface area contributed by atoms with E-state index in [4.69, 9.17) is 4.74 Å². The monoisotopic (exact) mass is 273 g/mol. The Balaban J connectivity index is 2.27. The zero-order valence-electron chi connectivity index (χ0n) is 11.5. The zero-order valence-corrected chi connectivity index (χ0v) is 11.5. The van der Waals surface area contributed by atoms with Crippen molar-refractivity contribution in [2.24, 2.45) is 5.10 Å². The number of ether oxygens (including phenoxy) is 1. The van der Waals surface area contributed by atoms with Crippen molar-refractivity contribution in [3.8, 4) is 5.88 Å². The molecule has 0 spiro atoms. The van der Waals surface area contributed by atoms with Crippen LogP contribution in [0.25, 0.3) is 0 Å². The van der Waals surface area contributed by atoms with E-state index in [-0.39, 0.29) is 17.5 Å². The van der Waals surface area contributed by atoms with Crippen LogP contribution in [0.15, 0.2) is 29.4 Å². The van der Waals surface area contributed by atoms with Gasteiger partial charge in [0.05, 0.1) is 13.3 Å². The molecule has 104 valence electrons. The van der Waals surface area contributed by atoms with Crippen molar-refractivity contribution < 1.29 is 9.53 Å². The molecule has 1 N–H and O–H groups in total. The molecule has 1 aromatic heterocycles. The normalized spacial score (nSPS) is 10.8. The van der Waals surface area contributed by atoms with Crippen LogP contribution < -0.4 is 10.1 Å². The van der Waals surface area contributed by atoms with E-state index in [2.05, 4.69) is 20.7 Å². The fraction of sp³-hybridized carbons (Fsp3) is 0.231. The Morgan fingerprint density at radius 1 is 1.40 bits per heavy atom. The van der Waals surface area contributed by atoms with Crippen molar-refractivity contribution in [1.82, 2.24) is 20.4 Å². The number of aromatic nitrogens is 3. The summed E-state index contributed by atoms with van der Waals surface area (Å²) >= 11 is 0. The molecule has 7 heteroatoms. The Bertz CT molecular complexity index is 631. The van der Waals surface area contributed by atoms with Gasteiger partial charge < -0.3 is 10.1 Å². The van der Waals surface area contributed by atoms with Gasteiger partial charge in [0.2, 0.25) is 5.69 Å². The summed E-state index contributed by atoms with van der Waals surface area (Å²) in [6.07, 6.45) is 1.62. The summed E-state index contributed by atoms with van der Waals surface area (Å²) in [5.74, 6) is -0.189. The van der Waals surface area contributed by atoms with Crippen LogP contribution >= 0.6 is 0 Å². The smallest absolute Gasteiger partial charge is 0.277 e. The van der Waals surface area contributed by atoms with E-state index in [1.165, 1.54) is 24.5 Å². The van der Waals surface area contributed by atoms with Crippen molar-refractivity contribution in [2.45, 2.75) is 6.92 Å². The molecule has 1 aromatic carbocycles. The van der Waals surface area contributed by atoms with Gasteiger partial charge in [0.25, 0.3) is 11.8 Å². The molecule has 0 aliphatic heterocycles. The molecule has 2 aromatic rings. The lowest BCUT2D eigenvalue weighted by Crippen LogP contribution is -2.19. The second kappa shape index (κ2) is 5.96. The molecule has 0 atom stereocenters. The van der Waals surface area contributed by atoms with Crippen molar-refractivity contribution in [3.63, 3.8) is 0 Å². The molecule has 0 bridgehead atoms. The molecule has 0 unspecified atom stereocenters. The third-order valence-corrected chi connectivity index (χ3v) is 2.64. The number of carbonyl (C=O) groups is 1. The Hall–Kier alpha value is -2.70. The summed E-state index contributed by atoms with van der Waals surface area (Å²) in [6, 6.07) is 7.83. The topological polar surface area (TPSA) is 81.4 Å². The first-order valence-corrected chi connectivity index (χ1v) is 5.98. The van der Waals surface area contributed by atoms with Gasteiger partial charge in [-0.25, -0.2) is 0 Å². The largest absolute Gasteiger partial charge is 0.478 e. The molecule has 0 saturated carbocycles. The number of benzene rings is 1. The highest BCUT2D eigenvalue weighted by Crippen LogP contribution is 2.14. The lowest BCUT2D eigenvalue weighted by atomic mass is 10.2. The third kappa shape index (κ3) is 2.82. The minimum atomic E-state index is -0.376. The van der Waals surface area contributed by atoms with Crippen LogP contribution in [-0.2, 0) is 0 Å². The molecule has 1 amide bonds. The highest BCUT2D eigenvalue weighted by molar-refractivity contribution is 5.94. The predicted molar refractivity (Wildman–Crippen MR) is 74.1 cm³/mol. The highest BCUT2D eigenvalue weighted by Gasteiger charge is 2.19. The van der Waals surface area contributed by atoms with Crippen LogP contribution in [0.4, 0.5) is 0 Å². The van der Waals surface area contributed by atoms with Crippen LogP contribution in [0.5, 0.6) is 5.88 Å². The van der Waals surface area contributed by atoms with Crippen molar-refractivity contribution in [1.29, 1.82) is 0 Å². The Labute approximate surface area is 116 Å². The van der Waals surface area contributed by atoms with Gasteiger partial charge >= 0.3 is 0 Å². The third-order valence-electron chi connectivity index (χ3n) is 2.64. The van der Waals surface area contributed by atoms with Gasteiger partial charge in [0.1, 0.15) is 0 Å². The van der Waals surface area contributed by atoms with E-state index in [1.807, 2.05) is 31.2 Å². The number of carbonyl (C=O) groups excluding carboxylic acids is 1. The molecular weight excluding hydrogens is 258 g/mol. The Morgan fingerprint density at radius 2 is 2.10 bits per heavy atom. The molecule has 0 saturated heterocycles. The first-order valence-electron chi connectivity index (χ1n) is 5.98. The molecule has 0 fully saturated rings. The summed E-state index contributed by atoms with van der Waals surface area (Å²) in [5, 5.41) is 14.1. The Morgan fingerprint density at radius 3 is 2.70 bits per heavy atom. The average Bonchev–Trinajstić information content (AvgIpc) is 2.88. The van der Waals surface area contributed by atoms with Gasteiger partial charge in [-0.3, -0.25) is 4.79 Å². The summed E-state index contributed by atoms with van der Waals surface area (Å²) in [7, 11) is 2.94. The van der Waals surface area contributed by atoms with Gasteiger partial charge in [-0.1, -0.05) is 34.6 Å². The Kier molecular flexibility index (Phi) is 4.09. The van der Waals surface area contributed by atoms with Crippen LogP contribution in [0.3, 0.4) is 0 Å². The van der Waals surface area contributed by atoms with Gasteiger partial charge in [-0.05, 0) is 17.7 Å². The maximum Gasteiger partial charge on any atom is 0.277 e. The van der Waals surface area contributed by atoms with Crippen molar-refractivity contribution in [2.75, 3.05) is 14.2 Å². The zero-order chi connectivity index (χ0) is 14.5. The van der Waals surface area contributed by atoms with Gasteiger partial charge in [-0.2, -0.15) is 5.10 Å². The lowest BCUT2D eigenvalue weighted by Gasteiger charge is -2.00. The van der Waals surface area contributed by atoms with Crippen LogP contribution in [0.1, 0.15) is 21.6 Å². The van der Waals surface area contributed by atoms with Gasteiger partial charge in [0, 0.05) is 7.05 Å². The maximum atomic E-state index is 11.6. The first-order chi connectivity index (χ1) is 9.65. The van der Waals surface area contributed by atoms with Gasteiger partial charge in [-0.15, -0.1) is 5.10 Å². The number of hydrogen-bond acceptors (Lipinski definition) is 5. The SMILES string of the molecule is CNC(=O)c1nnn(/N=C/c2ccc(C)cc2)c1OC. The number of methoxy groups -OCH3 is 1. The molecule has 7 nitrogen and oxygen atoms in total. The maximum absolute atomic E-state index is 11.6.